The number of rotatable bonds is 6. The Bertz CT molecular complexity index is 367. The summed E-state index contributed by atoms with van der Waals surface area (Å²) in [7, 11) is 1.41. The number of benzene rings is 1. The van der Waals surface area contributed by atoms with Crippen molar-refractivity contribution in [2.45, 2.75) is 31.3 Å². The zero-order valence-electron chi connectivity index (χ0n) is 11.1. The number of carbonyl (C=O) groups excluding carboxylic acids is 1. The molecule has 0 heterocycles. The lowest BCUT2D eigenvalue weighted by Gasteiger charge is -2.28. The summed E-state index contributed by atoms with van der Waals surface area (Å²) in [5.41, 5.74) is 1.25. The Morgan fingerprint density at radius 1 is 1.33 bits per heavy atom. The molecule has 0 aliphatic rings. The Morgan fingerprint density at radius 3 is 2.44 bits per heavy atom. The zero-order valence-corrected chi connectivity index (χ0v) is 12.7. The van der Waals surface area contributed by atoms with Gasteiger partial charge < -0.3 is 4.74 Å². The van der Waals surface area contributed by atoms with E-state index in [1.165, 1.54) is 12.7 Å². The average molecular weight is 314 g/mol. The van der Waals surface area contributed by atoms with Crippen LogP contribution in [0.3, 0.4) is 0 Å². The van der Waals surface area contributed by atoms with E-state index in [-0.39, 0.29) is 10.8 Å². The van der Waals surface area contributed by atoms with Gasteiger partial charge in [-0.2, -0.15) is 0 Å². The molecule has 0 amide bonds. The first-order valence-electron chi connectivity index (χ1n) is 6.04. The van der Waals surface area contributed by atoms with Crippen molar-refractivity contribution in [1.29, 1.82) is 0 Å². The molecule has 1 unspecified atom stereocenters. The van der Waals surface area contributed by atoms with Gasteiger partial charge in [0.25, 0.3) is 0 Å². The topological polar surface area (TPSA) is 29.5 Å². The van der Waals surface area contributed by atoms with Crippen molar-refractivity contribution in [3.8, 4) is 0 Å². The van der Waals surface area contributed by atoms with Gasteiger partial charge in [0.1, 0.15) is 4.83 Å². The molecule has 1 aromatic rings. The molecule has 1 atom stereocenters. The van der Waals surface area contributed by atoms with Crippen molar-refractivity contribution >= 4 is 21.9 Å². The van der Waals surface area contributed by atoms with E-state index in [1.807, 2.05) is 18.2 Å². The summed E-state index contributed by atoms with van der Waals surface area (Å²) in [4.78, 5) is 13.4. The van der Waals surface area contributed by atoms with E-state index in [1.54, 1.807) is 0 Å². The Kier molecular flexibility index (Phi) is 6.36. The van der Waals surface area contributed by atoms with Gasteiger partial charge in [0.2, 0.25) is 0 Å². The van der Waals surface area contributed by atoms with Crippen LogP contribution in [0.15, 0.2) is 30.3 Å². The third-order valence-corrected chi connectivity index (χ3v) is 3.47. The fourth-order valence-corrected chi connectivity index (χ4v) is 2.24. The lowest BCUT2D eigenvalue weighted by Crippen LogP contribution is -2.38. The molecule has 0 saturated carbocycles. The van der Waals surface area contributed by atoms with E-state index in [2.05, 4.69) is 46.8 Å². The smallest absolute Gasteiger partial charge is 0.320 e. The number of alkyl halides is 1. The summed E-state index contributed by atoms with van der Waals surface area (Å²) in [6, 6.07) is 10.6. The monoisotopic (exact) mass is 313 g/mol. The number of nitrogens with zero attached hydrogens (tertiary/aromatic N) is 1. The van der Waals surface area contributed by atoms with Gasteiger partial charge in [0.05, 0.1) is 7.11 Å². The molecule has 4 heteroatoms. The zero-order chi connectivity index (χ0) is 13.5. The van der Waals surface area contributed by atoms with Crippen molar-refractivity contribution in [1.82, 2.24) is 4.90 Å². The Hall–Kier alpha value is -0.870. The number of hydrogen-bond acceptors (Lipinski definition) is 3. The van der Waals surface area contributed by atoms with Crippen LogP contribution in [0.2, 0.25) is 0 Å². The number of carbonyl (C=O) groups is 1. The van der Waals surface area contributed by atoms with Crippen molar-refractivity contribution in [3.63, 3.8) is 0 Å². The van der Waals surface area contributed by atoms with Gasteiger partial charge in [-0.1, -0.05) is 46.3 Å². The lowest BCUT2D eigenvalue weighted by molar-refractivity contribution is -0.140. The van der Waals surface area contributed by atoms with E-state index in [4.69, 9.17) is 4.74 Å². The quantitative estimate of drug-likeness (QED) is 0.597. The summed E-state index contributed by atoms with van der Waals surface area (Å²) in [6.07, 6.45) is 0. The van der Waals surface area contributed by atoms with Gasteiger partial charge in [0.15, 0.2) is 0 Å². The minimum absolute atomic E-state index is 0.228. The van der Waals surface area contributed by atoms with E-state index >= 15 is 0 Å². The van der Waals surface area contributed by atoms with Crippen LogP contribution in [-0.4, -0.2) is 35.4 Å². The predicted octanol–water partition coefficient (Wildman–Crippen LogP) is 2.83. The molecule has 0 N–H and O–H groups in total. The molecule has 0 aliphatic carbocycles. The van der Waals surface area contributed by atoms with Crippen molar-refractivity contribution < 1.29 is 9.53 Å². The highest BCUT2D eigenvalue weighted by molar-refractivity contribution is 9.10. The van der Waals surface area contributed by atoms with E-state index < -0.39 is 0 Å². The molecule has 0 aliphatic heterocycles. The van der Waals surface area contributed by atoms with Gasteiger partial charge in [-0.3, -0.25) is 9.69 Å². The molecule has 0 aromatic heterocycles. The molecule has 0 spiro atoms. The Morgan fingerprint density at radius 2 is 1.94 bits per heavy atom. The third-order valence-electron chi connectivity index (χ3n) is 2.81. The van der Waals surface area contributed by atoms with Crippen LogP contribution >= 0.6 is 15.9 Å². The van der Waals surface area contributed by atoms with Gasteiger partial charge in [0, 0.05) is 19.1 Å². The standard InChI is InChI=1S/C14H20BrNO2/c1-11(2)16(10-13(15)14(17)18-3)9-12-7-5-4-6-8-12/h4-8,11,13H,9-10H2,1-3H3. The van der Waals surface area contributed by atoms with Crippen LogP contribution in [0.25, 0.3) is 0 Å². The summed E-state index contributed by atoms with van der Waals surface area (Å²) in [6.45, 7) is 5.72. The van der Waals surface area contributed by atoms with Crippen LogP contribution in [0.1, 0.15) is 19.4 Å². The fourth-order valence-electron chi connectivity index (χ4n) is 1.68. The van der Waals surface area contributed by atoms with E-state index in [9.17, 15) is 4.79 Å². The largest absolute Gasteiger partial charge is 0.468 e. The SMILES string of the molecule is COC(=O)C(Br)CN(Cc1ccccc1)C(C)C. The van der Waals surface area contributed by atoms with Crippen LogP contribution in [0.5, 0.6) is 0 Å². The molecule has 1 rings (SSSR count). The maximum absolute atomic E-state index is 11.4. The number of halogens is 1. The summed E-state index contributed by atoms with van der Waals surface area (Å²) >= 11 is 3.37. The first-order chi connectivity index (χ1) is 8.54. The fraction of sp³-hybridized carbons (Fsp3) is 0.500. The number of methoxy groups -OCH3 is 1. The molecule has 0 bridgehead atoms. The number of ether oxygens (including phenoxy) is 1. The highest BCUT2D eigenvalue weighted by atomic mass is 79.9. The second kappa shape index (κ2) is 7.54. The Balaban J connectivity index is 2.63. The second-order valence-corrected chi connectivity index (χ2v) is 5.60. The van der Waals surface area contributed by atoms with Gasteiger partial charge >= 0.3 is 5.97 Å². The maximum Gasteiger partial charge on any atom is 0.320 e. The number of hydrogen-bond donors (Lipinski definition) is 0. The molecule has 18 heavy (non-hydrogen) atoms. The van der Waals surface area contributed by atoms with Crippen molar-refractivity contribution in [2.75, 3.05) is 13.7 Å². The predicted molar refractivity (Wildman–Crippen MR) is 76.7 cm³/mol. The van der Waals surface area contributed by atoms with Crippen LogP contribution in [-0.2, 0) is 16.1 Å². The summed E-state index contributed by atoms with van der Waals surface area (Å²) < 4.78 is 4.73. The van der Waals surface area contributed by atoms with Gasteiger partial charge in [-0.15, -0.1) is 0 Å². The maximum atomic E-state index is 11.4. The highest BCUT2D eigenvalue weighted by Crippen LogP contribution is 2.12. The van der Waals surface area contributed by atoms with Crippen LogP contribution in [0, 0.1) is 0 Å². The second-order valence-electron chi connectivity index (χ2n) is 4.50. The normalized spacial score (nSPS) is 12.8. The molecule has 1 aromatic carbocycles. The van der Waals surface area contributed by atoms with Gasteiger partial charge in [-0.25, -0.2) is 0 Å². The van der Waals surface area contributed by atoms with E-state index in [0.29, 0.717) is 12.6 Å². The summed E-state index contributed by atoms with van der Waals surface area (Å²) in [5.74, 6) is -0.228. The molecule has 0 fully saturated rings. The molecule has 0 saturated heterocycles. The summed E-state index contributed by atoms with van der Waals surface area (Å²) in [5, 5.41) is 0. The van der Waals surface area contributed by atoms with Crippen LogP contribution < -0.4 is 0 Å². The number of esters is 1. The first-order valence-corrected chi connectivity index (χ1v) is 6.96. The third kappa shape index (κ3) is 4.78. The molecule has 0 radical (unpaired) electrons. The van der Waals surface area contributed by atoms with Crippen molar-refractivity contribution in [3.05, 3.63) is 35.9 Å². The average Bonchev–Trinajstić information content (AvgIpc) is 2.37. The minimum Gasteiger partial charge on any atom is -0.468 e. The lowest BCUT2D eigenvalue weighted by atomic mass is 10.2. The first kappa shape index (κ1) is 15.2. The Labute approximate surface area is 117 Å². The minimum atomic E-state index is -0.284. The highest BCUT2D eigenvalue weighted by Gasteiger charge is 2.21. The molecular formula is C14H20BrNO2. The molecule has 3 nitrogen and oxygen atoms in total. The van der Waals surface area contributed by atoms with Crippen molar-refractivity contribution in [2.24, 2.45) is 0 Å². The molecular weight excluding hydrogens is 294 g/mol. The molecule has 100 valence electrons. The van der Waals surface area contributed by atoms with Gasteiger partial charge in [-0.05, 0) is 19.4 Å². The van der Waals surface area contributed by atoms with E-state index in [0.717, 1.165) is 6.54 Å². The van der Waals surface area contributed by atoms with Crippen LogP contribution in [0.4, 0.5) is 0 Å².